The summed E-state index contributed by atoms with van der Waals surface area (Å²) in [4.78, 5) is 16.3. The molecule has 18 heavy (non-hydrogen) atoms. The van der Waals surface area contributed by atoms with Gasteiger partial charge in [-0.05, 0) is 18.6 Å². The highest BCUT2D eigenvalue weighted by molar-refractivity contribution is 7.18. The third-order valence-electron chi connectivity index (χ3n) is 2.79. The normalized spacial score (nSPS) is 12.2. The topological polar surface area (TPSA) is 53.8 Å². The number of aromatic nitrogens is 1. The highest BCUT2D eigenvalue weighted by Crippen LogP contribution is 2.28. The predicted octanol–water partition coefficient (Wildman–Crippen LogP) is 3.66. The van der Waals surface area contributed by atoms with E-state index in [9.17, 15) is 10.1 Å². The Hall–Kier alpha value is -1.73. The van der Waals surface area contributed by atoms with Gasteiger partial charge in [-0.2, -0.15) is 5.26 Å². The fraction of sp³-hybridized carbons (Fsp3) is 0.357. The van der Waals surface area contributed by atoms with Crippen molar-refractivity contribution in [3.8, 4) is 6.07 Å². The molecule has 0 aliphatic heterocycles. The summed E-state index contributed by atoms with van der Waals surface area (Å²) in [6.07, 6.45) is 2.26. The van der Waals surface area contributed by atoms with Gasteiger partial charge in [-0.25, -0.2) is 4.98 Å². The Kier molecular flexibility index (Phi) is 4.06. The van der Waals surface area contributed by atoms with Gasteiger partial charge >= 0.3 is 0 Å². The molecule has 0 saturated carbocycles. The lowest BCUT2D eigenvalue weighted by Crippen LogP contribution is -2.10. The smallest absolute Gasteiger partial charge is 0.156 e. The minimum absolute atomic E-state index is 0.0154. The lowest BCUT2D eigenvalue weighted by Gasteiger charge is -2.03. The summed E-state index contributed by atoms with van der Waals surface area (Å²) < 4.78 is 1.02. The van der Waals surface area contributed by atoms with Crippen LogP contribution in [0.2, 0.25) is 0 Å². The molecule has 0 aliphatic rings. The third kappa shape index (κ3) is 2.57. The van der Waals surface area contributed by atoms with Crippen LogP contribution in [0, 0.1) is 11.3 Å². The number of nitriles is 1. The first-order valence-electron chi connectivity index (χ1n) is 6.04. The maximum Gasteiger partial charge on any atom is 0.156 e. The van der Waals surface area contributed by atoms with Gasteiger partial charge in [0, 0.05) is 6.42 Å². The second-order valence-electron chi connectivity index (χ2n) is 4.15. The Morgan fingerprint density at radius 3 is 2.94 bits per heavy atom. The van der Waals surface area contributed by atoms with Crippen LogP contribution < -0.4 is 0 Å². The van der Waals surface area contributed by atoms with Crippen LogP contribution in [0.1, 0.15) is 37.1 Å². The molecule has 0 spiro atoms. The number of thiazole rings is 1. The van der Waals surface area contributed by atoms with E-state index in [0.29, 0.717) is 11.4 Å². The summed E-state index contributed by atoms with van der Waals surface area (Å²) in [5.41, 5.74) is 0.862. The molecule has 4 heteroatoms. The molecular weight excluding hydrogens is 244 g/mol. The molecule has 1 aromatic carbocycles. The van der Waals surface area contributed by atoms with E-state index in [0.717, 1.165) is 23.1 Å². The highest BCUT2D eigenvalue weighted by Gasteiger charge is 2.23. The van der Waals surface area contributed by atoms with E-state index in [-0.39, 0.29) is 5.78 Å². The van der Waals surface area contributed by atoms with Gasteiger partial charge in [0.15, 0.2) is 11.7 Å². The van der Waals surface area contributed by atoms with E-state index in [4.69, 9.17) is 0 Å². The van der Waals surface area contributed by atoms with Crippen molar-refractivity contribution < 1.29 is 4.79 Å². The molecule has 0 fully saturated rings. The summed E-state index contributed by atoms with van der Waals surface area (Å²) in [6, 6.07) is 9.79. The Morgan fingerprint density at radius 1 is 1.50 bits per heavy atom. The largest absolute Gasteiger partial charge is 0.298 e. The van der Waals surface area contributed by atoms with Crippen LogP contribution in [-0.4, -0.2) is 10.8 Å². The number of hydrogen-bond donors (Lipinski definition) is 0. The molecule has 3 nitrogen and oxygen atoms in total. The van der Waals surface area contributed by atoms with Gasteiger partial charge in [-0.3, -0.25) is 4.79 Å². The molecule has 1 unspecified atom stereocenters. The zero-order chi connectivity index (χ0) is 13.0. The monoisotopic (exact) mass is 258 g/mol. The van der Waals surface area contributed by atoms with Gasteiger partial charge < -0.3 is 0 Å². The average Bonchev–Trinajstić information content (AvgIpc) is 2.80. The van der Waals surface area contributed by atoms with Crippen molar-refractivity contribution in [2.24, 2.45) is 0 Å². The van der Waals surface area contributed by atoms with Crippen molar-refractivity contribution in [3.05, 3.63) is 29.3 Å². The summed E-state index contributed by atoms with van der Waals surface area (Å²) in [5.74, 6) is -0.715. The number of benzene rings is 1. The van der Waals surface area contributed by atoms with Crippen molar-refractivity contribution in [1.82, 2.24) is 4.98 Å². The van der Waals surface area contributed by atoms with E-state index >= 15 is 0 Å². The van der Waals surface area contributed by atoms with Crippen LogP contribution in [0.4, 0.5) is 0 Å². The van der Waals surface area contributed by atoms with Crippen LogP contribution >= 0.6 is 11.3 Å². The van der Waals surface area contributed by atoms with Crippen LogP contribution in [-0.2, 0) is 4.79 Å². The van der Waals surface area contributed by atoms with Gasteiger partial charge in [0.2, 0.25) is 0 Å². The first-order chi connectivity index (χ1) is 8.76. The third-order valence-corrected chi connectivity index (χ3v) is 3.89. The molecule has 0 bridgehead atoms. The summed E-state index contributed by atoms with van der Waals surface area (Å²) in [6.45, 7) is 2.03. The van der Waals surface area contributed by atoms with Crippen LogP contribution in [0.3, 0.4) is 0 Å². The van der Waals surface area contributed by atoms with Crippen molar-refractivity contribution in [2.75, 3.05) is 0 Å². The lowest BCUT2D eigenvalue weighted by atomic mass is 10.0. The fourth-order valence-corrected chi connectivity index (χ4v) is 2.81. The molecule has 2 rings (SSSR count). The van der Waals surface area contributed by atoms with Crippen molar-refractivity contribution in [2.45, 2.75) is 32.1 Å². The molecule has 0 saturated heterocycles. The summed E-state index contributed by atoms with van der Waals surface area (Å²) in [5, 5.41) is 9.80. The SMILES string of the molecule is CCCCC(=O)C(C#N)c1nc2ccccc2s1. The number of carbonyl (C=O) groups is 1. The quantitative estimate of drug-likeness (QED) is 0.822. The minimum Gasteiger partial charge on any atom is -0.298 e. The molecule has 0 amide bonds. The Balaban J connectivity index is 2.27. The molecule has 1 aromatic heterocycles. The molecular formula is C14H14N2OS. The van der Waals surface area contributed by atoms with Crippen LogP contribution in [0.15, 0.2) is 24.3 Å². The summed E-state index contributed by atoms with van der Waals surface area (Å²) in [7, 11) is 0. The summed E-state index contributed by atoms with van der Waals surface area (Å²) >= 11 is 1.44. The van der Waals surface area contributed by atoms with Crippen molar-refractivity contribution in [3.63, 3.8) is 0 Å². The number of fused-ring (bicyclic) bond motifs is 1. The van der Waals surface area contributed by atoms with Gasteiger partial charge in [0.05, 0.1) is 16.3 Å². The van der Waals surface area contributed by atoms with Gasteiger partial charge in [0.25, 0.3) is 0 Å². The first-order valence-corrected chi connectivity index (χ1v) is 6.85. The number of nitrogens with zero attached hydrogens (tertiary/aromatic N) is 2. The van der Waals surface area contributed by atoms with Crippen LogP contribution in [0.25, 0.3) is 10.2 Å². The molecule has 92 valence electrons. The molecule has 0 aliphatic carbocycles. The van der Waals surface area contributed by atoms with Gasteiger partial charge in [0.1, 0.15) is 5.01 Å². The standard InChI is InChI=1S/C14H14N2OS/c1-2-3-7-12(17)10(9-15)14-16-11-6-4-5-8-13(11)18-14/h4-6,8,10H,2-3,7H2,1H3. The van der Waals surface area contributed by atoms with E-state index in [1.807, 2.05) is 31.2 Å². The number of hydrogen-bond acceptors (Lipinski definition) is 4. The van der Waals surface area contributed by atoms with Crippen molar-refractivity contribution in [1.29, 1.82) is 5.26 Å². The van der Waals surface area contributed by atoms with E-state index in [1.54, 1.807) is 0 Å². The maximum absolute atomic E-state index is 12.0. The molecule has 1 heterocycles. The second-order valence-corrected chi connectivity index (χ2v) is 5.21. The predicted molar refractivity (Wildman–Crippen MR) is 72.5 cm³/mol. The van der Waals surface area contributed by atoms with Crippen molar-refractivity contribution >= 4 is 27.3 Å². The Bertz CT molecular complexity index is 564. The van der Waals surface area contributed by atoms with Crippen LogP contribution in [0.5, 0.6) is 0 Å². The number of unbranched alkanes of at least 4 members (excludes halogenated alkanes) is 1. The Morgan fingerprint density at radius 2 is 2.28 bits per heavy atom. The van der Waals surface area contributed by atoms with Gasteiger partial charge in [-0.1, -0.05) is 25.5 Å². The van der Waals surface area contributed by atoms with E-state index in [1.165, 1.54) is 11.3 Å². The first kappa shape index (κ1) is 12.7. The number of rotatable bonds is 5. The van der Waals surface area contributed by atoms with E-state index in [2.05, 4.69) is 11.1 Å². The number of Topliss-reactive ketones (excluding diaryl/α,β-unsaturated/α-hetero) is 1. The minimum atomic E-state index is -0.700. The highest BCUT2D eigenvalue weighted by atomic mass is 32.1. The molecule has 1 atom stereocenters. The second kappa shape index (κ2) is 5.74. The molecule has 0 N–H and O–H groups in total. The number of carbonyl (C=O) groups excluding carboxylic acids is 1. The zero-order valence-corrected chi connectivity index (χ0v) is 11.0. The zero-order valence-electron chi connectivity index (χ0n) is 10.2. The van der Waals surface area contributed by atoms with E-state index < -0.39 is 5.92 Å². The number of para-hydroxylation sites is 1. The maximum atomic E-state index is 12.0. The Labute approximate surface area is 110 Å². The molecule has 2 aromatic rings. The fourth-order valence-electron chi connectivity index (χ4n) is 1.77. The average molecular weight is 258 g/mol. The van der Waals surface area contributed by atoms with Gasteiger partial charge in [-0.15, -0.1) is 11.3 Å². The molecule has 0 radical (unpaired) electrons. The number of ketones is 1. The lowest BCUT2D eigenvalue weighted by molar-refractivity contribution is -0.119.